The van der Waals surface area contributed by atoms with Crippen molar-refractivity contribution in [2.24, 2.45) is 0 Å². The minimum Gasteiger partial charge on any atom is -0.394 e. The van der Waals surface area contributed by atoms with Gasteiger partial charge < -0.3 is 15.5 Å². The Labute approximate surface area is 235 Å². The number of allylic oxidation sites excluding steroid dienone is 9. The van der Waals surface area contributed by atoms with E-state index in [9.17, 15) is 15.0 Å². The van der Waals surface area contributed by atoms with Crippen molar-refractivity contribution in [3.63, 3.8) is 0 Å². The quantitative estimate of drug-likeness (QED) is 0.0775. The largest absolute Gasteiger partial charge is 0.394 e. The zero-order valence-electron chi connectivity index (χ0n) is 24.7. The molecule has 218 valence electrons. The zero-order chi connectivity index (χ0) is 27.9. The Kier molecular flexibility index (Phi) is 28.2. The predicted molar refractivity (Wildman–Crippen MR) is 165 cm³/mol. The number of carbonyl (C=O) groups is 1. The van der Waals surface area contributed by atoms with Crippen molar-refractivity contribution < 1.29 is 15.0 Å². The van der Waals surface area contributed by atoms with Gasteiger partial charge in [0.05, 0.1) is 18.8 Å². The molecule has 0 aliphatic rings. The Morgan fingerprint density at radius 3 is 1.74 bits per heavy atom. The average molecular weight is 530 g/mol. The SMILES string of the molecule is CC/C=C\C/C=C\C/C=C\C/C=C\CCCCCCCCCCC(=O)NC(CO)C(O)/C=C/CCCCC. The molecule has 0 aromatic carbocycles. The Balaban J connectivity index is 3.60. The summed E-state index contributed by atoms with van der Waals surface area (Å²) in [7, 11) is 0. The maximum Gasteiger partial charge on any atom is 0.220 e. The molecule has 0 bridgehead atoms. The van der Waals surface area contributed by atoms with Crippen LogP contribution in [0.4, 0.5) is 0 Å². The number of amides is 1. The molecule has 4 nitrogen and oxygen atoms in total. The molecule has 0 aromatic heterocycles. The maximum absolute atomic E-state index is 12.2. The molecule has 0 fully saturated rings. The highest BCUT2D eigenvalue weighted by Crippen LogP contribution is 2.11. The minimum atomic E-state index is -0.839. The predicted octanol–water partition coefficient (Wildman–Crippen LogP) is 8.67. The van der Waals surface area contributed by atoms with Gasteiger partial charge in [0.1, 0.15) is 0 Å². The van der Waals surface area contributed by atoms with E-state index < -0.39 is 12.1 Å². The highest BCUT2D eigenvalue weighted by molar-refractivity contribution is 5.76. The van der Waals surface area contributed by atoms with E-state index in [2.05, 4.69) is 67.8 Å². The molecule has 3 N–H and O–H groups in total. The van der Waals surface area contributed by atoms with Gasteiger partial charge in [-0.3, -0.25) is 4.79 Å². The van der Waals surface area contributed by atoms with E-state index in [4.69, 9.17) is 0 Å². The second-order valence-electron chi connectivity index (χ2n) is 10.1. The first-order chi connectivity index (χ1) is 18.7. The average Bonchev–Trinajstić information content (AvgIpc) is 2.92. The smallest absolute Gasteiger partial charge is 0.220 e. The number of nitrogens with one attached hydrogen (secondary N) is 1. The summed E-state index contributed by atoms with van der Waals surface area (Å²) in [6.45, 7) is 4.06. The fourth-order valence-corrected chi connectivity index (χ4v) is 4.11. The second kappa shape index (κ2) is 29.6. The summed E-state index contributed by atoms with van der Waals surface area (Å²) in [6.07, 6.45) is 40.3. The van der Waals surface area contributed by atoms with E-state index in [1.54, 1.807) is 6.08 Å². The van der Waals surface area contributed by atoms with Gasteiger partial charge >= 0.3 is 0 Å². The van der Waals surface area contributed by atoms with Crippen LogP contribution in [0, 0.1) is 0 Å². The minimum absolute atomic E-state index is 0.0849. The first-order valence-corrected chi connectivity index (χ1v) is 15.5. The molecule has 2 unspecified atom stereocenters. The van der Waals surface area contributed by atoms with Gasteiger partial charge in [-0.25, -0.2) is 0 Å². The zero-order valence-corrected chi connectivity index (χ0v) is 24.7. The molecule has 0 saturated heterocycles. The van der Waals surface area contributed by atoms with Gasteiger partial charge in [-0.05, 0) is 57.8 Å². The monoisotopic (exact) mass is 529 g/mol. The number of aliphatic hydroxyl groups is 2. The van der Waals surface area contributed by atoms with Crippen molar-refractivity contribution >= 4 is 5.91 Å². The third-order valence-corrected chi connectivity index (χ3v) is 6.51. The number of aliphatic hydroxyl groups excluding tert-OH is 2. The van der Waals surface area contributed by atoms with Crippen molar-refractivity contribution in [1.29, 1.82) is 0 Å². The van der Waals surface area contributed by atoms with Crippen LogP contribution >= 0.6 is 0 Å². The van der Waals surface area contributed by atoms with E-state index in [1.165, 1.54) is 51.4 Å². The summed E-state index contributed by atoms with van der Waals surface area (Å²) < 4.78 is 0. The summed E-state index contributed by atoms with van der Waals surface area (Å²) >= 11 is 0. The number of unbranched alkanes of at least 4 members (excludes halogenated alkanes) is 11. The Hall–Kier alpha value is -1.91. The van der Waals surface area contributed by atoms with Crippen molar-refractivity contribution in [3.05, 3.63) is 60.8 Å². The van der Waals surface area contributed by atoms with E-state index in [-0.39, 0.29) is 12.5 Å². The highest BCUT2D eigenvalue weighted by Gasteiger charge is 2.17. The lowest BCUT2D eigenvalue weighted by Gasteiger charge is -2.20. The van der Waals surface area contributed by atoms with Crippen molar-refractivity contribution in [2.45, 2.75) is 142 Å². The van der Waals surface area contributed by atoms with Crippen LogP contribution in [0.1, 0.15) is 129 Å². The van der Waals surface area contributed by atoms with Crippen LogP contribution in [-0.4, -0.2) is 34.9 Å². The van der Waals surface area contributed by atoms with E-state index >= 15 is 0 Å². The van der Waals surface area contributed by atoms with Crippen LogP contribution in [0.25, 0.3) is 0 Å². The van der Waals surface area contributed by atoms with Gasteiger partial charge in [-0.15, -0.1) is 0 Å². The third-order valence-electron chi connectivity index (χ3n) is 6.51. The summed E-state index contributed by atoms with van der Waals surface area (Å²) in [6, 6.07) is -0.624. The van der Waals surface area contributed by atoms with Crippen molar-refractivity contribution in [1.82, 2.24) is 5.32 Å². The fourth-order valence-electron chi connectivity index (χ4n) is 4.11. The lowest BCUT2D eigenvalue weighted by molar-refractivity contribution is -0.123. The second-order valence-corrected chi connectivity index (χ2v) is 10.1. The van der Waals surface area contributed by atoms with E-state index in [0.717, 1.165) is 57.8 Å². The molecule has 38 heavy (non-hydrogen) atoms. The molecule has 2 atom stereocenters. The lowest BCUT2D eigenvalue weighted by atomic mass is 10.1. The summed E-state index contributed by atoms with van der Waals surface area (Å²) in [5.74, 6) is -0.0849. The number of carbonyl (C=O) groups excluding carboxylic acids is 1. The van der Waals surface area contributed by atoms with Crippen LogP contribution in [0.5, 0.6) is 0 Å². The lowest BCUT2D eigenvalue weighted by Crippen LogP contribution is -2.45. The fraction of sp³-hybridized carbons (Fsp3) is 0.676. The van der Waals surface area contributed by atoms with Crippen LogP contribution < -0.4 is 5.32 Å². The Morgan fingerprint density at radius 2 is 1.16 bits per heavy atom. The van der Waals surface area contributed by atoms with Crippen molar-refractivity contribution in [3.8, 4) is 0 Å². The molecule has 0 heterocycles. The first kappa shape index (κ1) is 36.1. The number of rotatable bonds is 26. The summed E-state index contributed by atoms with van der Waals surface area (Å²) in [4.78, 5) is 12.2. The van der Waals surface area contributed by atoms with E-state index in [1.807, 2.05) is 6.08 Å². The van der Waals surface area contributed by atoms with Gasteiger partial charge in [0, 0.05) is 6.42 Å². The molecule has 4 heteroatoms. The van der Waals surface area contributed by atoms with Crippen LogP contribution in [-0.2, 0) is 4.79 Å². The van der Waals surface area contributed by atoms with Crippen LogP contribution in [0.2, 0.25) is 0 Å². The number of hydrogen-bond acceptors (Lipinski definition) is 3. The first-order valence-electron chi connectivity index (χ1n) is 15.5. The van der Waals surface area contributed by atoms with Gasteiger partial charge in [-0.1, -0.05) is 126 Å². The molecule has 0 aliphatic heterocycles. The van der Waals surface area contributed by atoms with Crippen LogP contribution in [0.3, 0.4) is 0 Å². The van der Waals surface area contributed by atoms with Crippen LogP contribution in [0.15, 0.2) is 60.8 Å². The van der Waals surface area contributed by atoms with Crippen molar-refractivity contribution in [2.75, 3.05) is 6.61 Å². The molecule has 0 rings (SSSR count). The molecular formula is C34H59NO3. The Morgan fingerprint density at radius 1 is 0.658 bits per heavy atom. The van der Waals surface area contributed by atoms with Gasteiger partial charge in [0.15, 0.2) is 0 Å². The molecule has 0 spiro atoms. The molecule has 0 aliphatic carbocycles. The topological polar surface area (TPSA) is 69.6 Å². The normalized spacial score (nSPS) is 14.1. The Bertz CT molecular complexity index is 663. The molecule has 1 amide bonds. The third kappa shape index (κ3) is 25.7. The highest BCUT2D eigenvalue weighted by atomic mass is 16.3. The molecular weight excluding hydrogens is 470 g/mol. The van der Waals surface area contributed by atoms with Gasteiger partial charge in [-0.2, -0.15) is 0 Å². The number of hydrogen-bond donors (Lipinski definition) is 3. The molecule has 0 radical (unpaired) electrons. The summed E-state index contributed by atoms with van der Waals surface area (Å²) in [5.41, 5.74) is 0. The maximum atomic E-state index is 12.2. The summed E-state index contributed by atoms with van der Waals surface area (Å²) in [5, 5.41) is 22.5. The van der Waals surface area contributed by atoms with E-state index in [0.29, 0.717) is 6.42 Å². The standard InChI is InChI=1S/C34H59NO3/c1-3-5-7-9-10-11-12-13-14-15-16-17-18-19-20-21-22-23-24-26-28-30-34(38)35-32(31-36)33(37)29-27-25-8-6-4-2/h5,7,10-11,13-14,16-17,27,29,32-33,36-37H,3-4,6,8-9,12,15,18-26,28,30-31H2,1-2H3,(H,35,38)/b7-5-,11-10-,14-13-,17-16-,29-27+. The van der Waals surface area contributed by atoms with Gasteiger partial charge in [0.2, 0.25) is 5.91 Å². The molecule has 0 aromatic rings. The van der Waals surface area contributed by atoms with Gasteiger partial charge in [0.25, 0.3) is 0 Å². The molecule has 0 saturated carbocycles.